The van der Waals surface area contributed by atoms with E-state index in [2.05, 4.69) is 36.4 Å². The fourth-order valence-corrected chi connectivity index (χ4v) is 2.96. The molecule has 1 saturated carbocycles. The molecule has 1 fully saturated rings. The third kappa shape index (κ3) is 4.36. The Morgan fingerprint density at radius 2 is 2.04 bits per heavy atom. The van der Waals surface area contributed by atoms with Crippen LogP contribution in [0.4, 0.5) is 5.69 Å². The van der Waals surface area contributed by atoms with Crippen LogP contribution in [-0.4, -0.2) is 27.2 Å². The van der Waals surface area contributed by atoms with E-state index in [-0.39, 0.29) is 5.91 Å². The van der Waals surface area contributed by atoms with Gasteiger partial charge in [0.15, 0.2) is 11.9 Å². The number of halogens is 1. The Bertz CT molecular complexity index is 951. The van der Waals surface area contributed by atoms with Crippen LogP contribution >= 0.6 is 15.9 Å². The molecule has 138 valence electrons. The van der Waals surface area contributed by atoms with Crippen molar-refractivity contribution >= 4 is 27.5 Å². The van der Waals surface area contributed by atoms with E-state index in [1.807, 2.05) is 48.5 Å². The first-order valence-electron chi connectivity index (χ1n) is 8.84. The maximum atomic E-state index is 12.5. The third-order valence-corrected chi connectivity index (χ3v) is 4.88. The molecular weight excluding hydrogens is 408 g/mol. The molecule has 0 aliphatic heterocycles. The van der Waals surface area contributed by atoms with Gasteiger partial charge in [-0.25, -0.2) is 4.98 Å². The second-order valence-corrected chi connectivity index (χ2v) is 7.52. The van der Waals surface area contributed by atoms with Crippen molar-refractivity contribution < 1.29 is 9.53 Å². The quantitative estimate of drug-likeness (QED) is 0.607. The van der Waals surface area contributed by atoms with Crippen molar-refractivity contribution in [3.63, 3.8) is 0 Å². The van der Waals surface area contributed by atoms with Crippen LogP contribution in [0.25, 0.3) is 11.4 Å². The van der Waals surface area contributed by atoms with Gasteiger partial charge < -0.3 is 10.1 Å². The highest BCUT2D eigenvalue weighted by atomic mass is 79.9. The van der Waals surface area contributed by atoms with Gasteiger partial charge in [-0.05, 0) is 56.2 Å². The van der Waals surface area contributed by atoms with Gasteiger partial charge in [0.25, 0.3) is 5.91 Å². The van der Waals surface area contributed by atoms with Crippen molar-refractivity contribution in [3.05, 3.63) is 58.8 Å². The molecule has 6 nitrogen and oxygen atoms in total. The summed E-state index contributed by atoms with van der Waals surface area (Å²) in [6.07, 6.45) is 1.71. The highest BCUT2D eigenvalue weighted by Crippen LogP contribution is 2.38. The van der Waals surface area contributed by atoms with E-state index in [4.69, 9.17) is 4.74 Å². The van der Waals surface area contributed by atoms with Gasteiger partial charge in [-0.1, -0.05) is 28.1 Å². The van der Waals surface area contributed by atoms with Gasteiger partial charge in [0.1, 0.15) is 11.6 Å². The molecule has 27 heavy (non-hydrogen) atoms. The first-order valence-corrected chi connectivity index (χ1v) is 9.63. The maximum absolute atomic E-state index is 12.5. The van der Waals surface area contributed by atoms with Crippen molar-refractivity contribution in [2.24, 2.45) is 0 Å². The Morgan fingerprint density at radius 1 is 1.26 bits per heavy atom. The average molecular weight is 427 g/mol. The van der Waals surface area contributed by atoms with Crippen LogP contribution in [0.1, 0.15) is 31.5 Å². The summed E-state index contributed by atoms with van der Waals surface area (Å²) < 4.78 is 6.65. The number of benzene rings is 2. The smallest absolute Gasteiger partial charge is 0.265 e. The number of carbonyl (C=O) groups excluding carboxylic acids is 1. The Balaban J connectivity index is 1.42. The van der Waals surface area contributed by atoms with Crippen LogP contribution < -0.4 is 10.1 Å². The zero-order chi connectivity index (χ0) is 18.8. The van der Waals surface area contributed by atoms with Crippen molar-refractivity contribution in [1.82, 2.24) is 15.2 Å². The van der Waals surface area contributed by atoms with Gasteiger partial charge in [-0.2, -0.15) is 5.10 Å². The fraction of sp³-hybridized carbons (Fsp3) is 0.250. The van der Waals surface area contributed by atoms with E-state index in [1.165, 1.54) is 12.8 Å². The lowest BCUT2D eigenvalue weighted by molar-refractivity contribution is -0.122. The minimum absolute atomic E-state index is 0.219. The topological polar surface area (TPSA) is 79.9 Å². The average Bonchev–Trinajstić information content (AvgIpc) is 3.40. The molecule has 4 rings (SSSR count). The number of carbonyl (C=O) groups is 1. The van der Waals surface area contributed by atoms with E-state index in [1.54, 1.807) is 6.92 Å². The van der Waals surface area contributed by atoms with Crippen LogP contribution in [0, 0.1) is 0 Å². The summed E-state index contributed by atoms with van der Waals surface area (Å²) >= 11 is 3.38. The van der Waals surface area contributed by atoms with Gasteiger partial charge in [0, 0.05) is 21.6 Å². The maximum Gasteiger partial charge on any atom is 0.265 e. The number of hydrogen-bond donors (Lipinski definition) is 2. The molecule has 1 heterocycles. The lowest BCUT2D eigenvalue weighted by Gasteiger charge is -2.15. The minimum atomic E-state index is -0.625. The molecule has 0 saturated heterocycles. The predicted octanol–water partition coefficient (Wildman–Crippen LogP) is 4.52. The number of nitrogens with zero attached hydrogens (tertiary/aromatic N) is 2. The predicted molar refractivity (Wildman–Crippen MR) is 107 cm³/mol. The highest BCUT2D eigenvalue weighted by molar-refractivity contribution is 9.10. The number of hydrogen-bond acceptors (Lipinski definition) is 4. The minimum Gasteiger partial charge on any atom is -0.481 e. The molecule has 3 aromatic rings. The molecule has 1 unspecified atom stereocenters. The van der Waals surface area contributed by atoms with Crippen LogP contribution in [0.2, 0.25) is 0 Å². The zero-order valence-electron chi connectivity index (χ0n) is 14.8. The molecular formula is C20H19BrN4O2. The number of aromatic nitrogens is 3. The lowest BCUT2D eigenvalue weighted by Crippen LogP contribution is -2.30. The molecule has 1 aromatic heterocycles. The molecule has 1 atom stereocenters. The van der Waals surface area contributed by atoms with E-state index in [9.17, 15) is 4.79 Å². The number of rotatable bonds is 6. The second-order valence-electron chi connectivity index (χ2n) is 6.60. The van der Waals surface area contributed by atoms with E-state index in [0.29, 0.717) is 23.2 Å². The Labute approximate surface area is 165 Å². The zero-order valence-corrected chi connectivity index (χ0v) is 16.4. The van der Waals surface area contributed by atoms with Crippen molar-refractivity contribution in [2.45, 2.75) is 31.8 Å². The van der Waals surface area contributed by atoms with Crippen LogP contribution in [-0.2, 0) is 4.79 Å². The first-order chi connectivity index (χ1) is 13.1. The number of nitrogens with one attached hydrogen (secondary N) is 2. The summed E-state index contributed by atoms with van der Waals surface area (Å²) in [7, 11) is 0. The molecule has 2 aromatic carbocycles. The summed E-state index contributed by atoms with van der Waals surface area (Å²) in [5, 5.41) is 10.2. The standard InChI is InChI=1S/C20H19BrN4O2/c1-12(27-17-9-7-15(21)8-10-17)20(26)22-16-4-2-3-14(11-16)19-23-18(24-25-19)13-5-6-13/h2-4,7-13H,5-6H2,1H3,(H,22,26)(H,23,24,25). The van der Waals surface area contributed by atoms with Crippen molar-refractivity contribution in [1.29, 1.82) is 0 Å². The summed E-state index contributed by atoms with van der Waals surface area (Å²) in [4.78, 5) is 17.0. The van der Waals surface area contributed by atoms with E-state index in [0.717, 1.165) is 15.9 Å². The van der Waals surface area contributed by atoms with Gasteiger partial charge in [0.05, 0.1) is 0 Å². The Hall–Kier alpha value is -2.67. The summed E-state index contributed by atoms with van der Waals surface area (Å²) in [5.74, 6) is 2.53. The van der Waals surface area contributed by atoms with E-state index >= 15 is 0 Å². The second kappa shape index (κ2) is 7.52. The van der Waals surface area contributed by atoms with Crippen LogP contribution in [0.15, 0.2) is 53.0 Å². The Kier molecular flexibility index (Phi) is 4.94. The van der Waals surface area contributed by atoms with Crippen molar-refractivity contribution in [3.8, 4) is 17.1 Å². The number of aromatic amines is 1. The third-order valence-electron chi connectivity index (χ3n) is 4.35. The van der Waals surface area contributed by atoms with Crippen LogP contribution in [0.3, 0.4) is 0 Å². The molecule has 2 N–H and O–H groups in total. The fourth-order valence-electron chi connectivity index (χ4n) is 2.69. The number of amides is 1. The lowest BCUT2D eigenvalue weighted by atomic mass is 10.2. The SMILES string of the molecule is CC(Oc1ccc(Br)cc1)C(=O)Nc1cccc(-c2n[nH]c(C3CC3)n2)c1. The molecule has 1 aliphatic rings. The number of ether oxygens (including phenoxy) is 1. The van der Waals surface area contributed by atoms with Gasteiger partial charge in [-0.3, -0.25) is 9.89 Å². The number of H-pyrrole nitrogens is 1. The normalized spacial score (nSPS) is 14.6. The molecule has 7 heteroatoms. The molecule has 0 bridgehead atoms. The van der Waals surface area contributed by atoms with E-state index < -0.39 is 6.10 Å². The largest absolute Gasteiger partial charge is 0.481 e. The molecule has 0 radical (unpaired) electrons. The Morgan fingerprint density at radius 3 is 2.78 bits per heavy atom. The summed E-state index contributed by atoms with van der Waals surface area (Å²) in [6.45, 7) is 1.72. The molecule has 1 amide bonds. The van der Waals surface area contributed by atoms with Gasteiger partial charge >= 0.3 is 0 Å². The molecule has 0 spiro atoms. The summed E-state index contributed by atoms with van der Waals surface area (Å²) in [6, 6.07) is 14.9. The molecule has 1 aliphatic carbocycles. The number of anilines is 1. The first kappa shape index (κ1) is 17.7. The van der Waals surface area contributed by atoms with Gasteiger partial charge in [-0.15, -0.1) is 0 Å². The monoisotopic (exact) mass is 426 g/mol. The highest BCUT2D eigenvalue weighted by Gasteiger charge is 2.27. The van der Waals surface area contributed by atoms with Crippen LogP contribution in [0.5, 0.6) is 5.75 Å². The van der Waals surface area contributed by atoms with Gasteiger partial charge in [0.2, 0.25) is 0 Å². The summed E-state index contributed by atoms with van der Waals surface area (Å²) in [5.41, 5.74) is 1.54. The van der Waals surface area contributed by atoms with Crippen molar-refractivity contribution in [2.75, 3.05) is 5.32 Å².